The first kappa shape index (κ1) is 7.90. The van der Waals surface area contributed by atoms with Crippen molar-refractivity contribution >= 4 is 5.71 Å². The van der Waals surface area contributed by atoms with Crippen LogP contribution in [0.4, 0.5) is 0 Å². The van der Waals surface area contributed by atoms with E-state index in [1.165, 1.54) is 0 Å². The second-order valence-electron chi connectivity index (χ2n) is 1.68. The Balaban J connectivity index is 3.72. The van der Waals surface area contributed by atoms with E-state index < -0.39 is 0 Å². The van der Waals surface area contributed by atoms with Crippen LogP contribution in [0.1, 0.15) is 20.3 Å². The summed E-state index contributed by atoms with van der Waals surface area (Å²) in [4.78, 5) is 3.95. The smallest absolute Gasteiger partial charge is 0.0732 e. The first-order valence-corrected chi connectivity index (χ1v) is 2.82. The van der Waals surface area contributed by atoms with Gasteiger partial charge in [0.2, 0.25) is 0 Å². The van der Waals surface area contributed by atoms with Gasteiger partial charge in [0.1, 0.15) is 0 Å². The van der Waals surface area contributed by atoms with Crippen molar-refractivity contribution in [2.75, 3.05) is 0 Å². The van der Waals surface area contributed by atoms with Crippen LogP contribution >= 0.6 is 0 Å². The van der Waals surface area contributed by atoms with Gasteiger partial charge in [-0.3, -0.25) is 4.99 Å². The monoisotopic (exact) mass is 122 g/mol. The third-order valence-electron chi connectivity index (χ3n) is 0.779. The minimum atomic E-state index is 0.421. The maximum atomic E-state index is 8.18. The van der Waals surface area contributed by atoms with Crippen LogP contribution in [0.25, 0.3) is 0 Å². The lowest BCUT2D eigenvalue weighted by Crippen LogP contribution is -1.85. The van der Waals surface area contributed by atoms with Crippen LogP contribution in [0, 0.1) is 11.3 Å². The molecule has 0 heterocycles. The van der Waals surface area contributed by atoms with E-state index >= 15 is 0 Å². The van der Waals surface area contributed by atoms with Crippen LogP contribution in [0.5, 0.6) is 0 Å². The molecule has 9 heavy (non-hydrogen) atoms. The fourth-order valence-corrected chi connectivity index (χ4v) is 0.362. The van der Waals surface area contributed by atoms with Crippen molar-refractivity contribution in [3.05, 3.63) is 12.3 Å². The summed E-state index contributed by atoms with van der Waals surface area (Å²) in [7, 11) is 0. The Hall–Kier alpha value is -1.10. The van der Waals surface area contributed by atoms with E-state index in [1.807, 2.05) is 26.0 Å². The van der Waals surface area contributed by atoms with Crippen molar-refractivity contribution in [3.8, 4) is 6.07 Å². The Bertz CT molecular complexity index is 160. The summed E-state index contributed by atoms with van der Waals surface area (Å²) in [5.74, 6) is 0. The lowest BCUT2D eigenvalue weighted by atomic mass is 10.3. The van der Waals surface area contributed by atoms with Gasteiger partial charge < -0.3 is 0 Å². The van der Waals surface area contributed by atoms with Gasteiger partial charge in [0.15, 0.2) is 0 Å². The maximum Gasteiger partial charge on any atom is 0.0732 e. The molecule has 0 rings (SSSR count). The Labute approximate surface area is 55.5 Å². The first-order chi connectivity index (χ1) is 4.31. The zero-order chi connectivity index (χ0) is 7.11. The summed E-state index contributed by atoms with van der Waals surface area (Å²) in [6.07, 6.45) is 3.94. The van der Waals surface area contributed by atoms with E-state index in [1.54, 1.807) is 6.20 Å². The van der Waals surface area contributed by atoms with Crippen LogP contribution in [0.15, 0.2) is 17.3 Å². The van der Waals surface area contributed by atoms with Crippen LogP contribution in [0.3, 0.4) is 0 Å². The quantitative estimate of drug-likeness (QED) is 0.515. The van der Waals surface area contributed by atoms with Crippen molar-refractivity contribution in [3.63, 3.8) is 0 Å². The van der Waals surface area contributed by atoms with Gasteiger partial charge in [-0.2, -0.15) is 5.26 Å². The van der Waals surface area contributed by atoms with Gasteiger partial charge in [-0.15, -0.1) is 0 Å². The summed E-state index contributed by atoms with van der Waals surface area (Å²) < 4.78 is 0. The number of rotatable bonds is 2. The lowest BCUT2D eigenvalue weighted by Gasteiger charge is -1.84. The highest BCUT2D eigenvalue weighted by atomic mass is 14.7. The summed E-state index contributed by atoms with van der Waals surface area (Å²) in [5.41, 5.74) is 0.857. The van der Waals surface area contributed by atoms with Crippen LogP contribution in [-0.2, 0) is 0 Å². The summed E-state index contributed by atoms with van der Waals surface area (Å²) in [5, 5.41) is 8.18. The molecule has 0 amide bonds. The predicted octanol–water partition coefficient (Wildman–Crippen LogP) is 1.89. The van der Waals surface area contributed by atoms with Crippen LogP contribution < -0.4 is 0 Å². The van der Waals surface area contributed by atoms with E-state index in [4.69, 9.17) is 5.26 Å². The van der Waals surface area contributed by atoms with Gasteiger partial charge in [0.05, 0.1) is 12.5 Å². The molecule has 0 aromatic rings. The number of nitriles is 1. The average Bonchev–Trinajstić information content (AvgIpc) is 1.85. The minimum Gasteiger partial charge on any atom is -0.265 e. The highest BCUT2D eigenvalue weighted by Crippen LogP contribution is 1.84. The molecule has 0 fully saturated rings. The molecule has 2 nitrogen and oxygen atoms in total. The Kier molecular flexibility index (Phi) is 4.43. The number of aliphatic imine (C=N–C) groups is 1. The third-order valence-corrected chi connectivity index (χ3v) is 0.779. The maximum absolute atomic E-state index is 8.18. The molecule has 0 spiro atoms. The van der Waals surface area contributed by atoms with E-state index in [0.717, 1.165) is 5.71 Å². The Morgan fingerprint density at radius 2 is 2.44 bits per heavy atom. The molecule has 0 bridgehead atoms. The molecule has 0 unspecified atom stereocenters. The van der Waals surface area contributed by atoms with Gasteiger partial charge >= 0.3 is 0 Å². The molecule has 0 aliphatic heterocycles. The van der Waals surface area contributed by atoms with Crippen molar-refractivity contribution in [1.29, 1.82) is 5.26 Å². The van der Waals surface area contributed by atoms with Crippen LogP contribution in [-0.4, -0.2) is 5.71 Å². The average molecular weight is 122 g/mol. The van der Waals surface area contributed by atoms with Crippen molar-refractivity contribution in [1.82, 2.24) is 0 Å². The van der Waals surface area contributed by atoms with Crippen molar-refractivity contribution in [2.24, 2.45) is 4.99 Å². The van der Waals surface area contributed by atoms with E-state index in [9.17, 15) is 0 Å². The molecular weight excluding hydrogens is 112 g/mol. The normalized spacial score (nSPS) is 11.9. The standard InChI is InChI=1S/C7H10N2/c1-3-6-9-7(2)4-5-8/h3,6H,4H2,1-2H3/b6-3-,9-7+. The first-order valence-electron chi connectivity index (χ1n) is 2.82. The van der Waals surface area contributed by atoms with Gasteiger partial charge in [-0.1, -0.05) is 6.08 Å². The SMILES string of the molecule is C/C=C\N=C(/C)CC#N. The van der Waals surface area contributed by atoms with Gasteiger partial charge in [-0.05, 0) is 13.8 Å². The topological polar surface area (TPSA) is 36.1 Å². The molecule has 0 N–H and O–H groups in total. The number of allylic oxidation sites excluding steroid dienone is 1. The highest BCUT2D eigenvalue weighted by molar-refractivity contribution is 5.84. The van der Waals surface area contributed by atoms with E-state index in [0.29, 0.717) is 6.42 Å². The van der Waals surface area contributed by atoms with Crippen LogP contribution in [0.2, 0.25) is 0 Å². The van der Waals surface area contributed by atoms with E-state index in [-0.39, 0.29) is 0 Å². The molecule has 0 saturated heterocycles. The molecule has 48 valence electrons. The molecule has 0 atom stereocenters. The summed E-state index contributed by atoms with van der Waals surface area (Å²) in [6, 6.07) is 2.01. The fraction of sp³-hybridized carbons (Fsp3) is 0.429. The predicted molar refractivity (Wildman–Crippen MR) is 38.2 cm³/mol. The second kappa shape index (κ2) is 5.04. The van der Waals surface area contributed by atoms with Gasteiger partial charge in [0.25, 0.3) is 0 Å². The molecule has 2 heteroatoms. The Morgan fingerprint density at radius 1 is 1.78 bits per heavy atom. The molecule has 0 aromatic heterocycles. The number of hydrogen-bond acceptors (Lipinski definition) is 2. The molecule has 0 aliphatic rings. The number of hydrogen-bond donors (Lipinski definition) is 0. The highest BCUT2D eigenvalue weighted by Gasteiger charge is 1.83. The molecule has 0 saturated carbocycles. The summed E-state index contributed by atoms with van der Waals surface area (Å²) in [6.45, 7) is 3.73. The fourth-order valence-electron chi connectivity index (χ4n) is 0.362. The third kappa shape index (κ3) is 4.76. The van der Waals surface area contributed by atoms with Gasteiger partial charge in [-0.25, -0.2) is 0 Å². The van der Waals surface area contributed by atoms with Crippen molar-refractivity contribution < 1.29 is 0 Å². The lowest BCUT2D eigenvalue weighted by molar-refractivity contribution is 1.35. The molecule has 0 aromatic carbocycles. The zero-order valence-corrected chi connectivity index (χ0v) is 5.76. The zero-order valence-electron chi connectivity index (χ0n) is 5.76. The number of nitrogens with zero attached hydrogens (tertiary/aromatic N) is 2. The summed E-state index contributed by atoms with van der Waals surface area (Å²) >= 11 is 0. The molecule has 0 radical (unpaired) electrons. The Morgan fingerprint density at radius 3 is 2.89 bits per heavy atom. The van der Waals surface area contributed by atoms with Crippen molar-refractivity contribution in [2.45, 2.75) is 20.3 Å². The van der Waals surface area contributed by atoms with Gasteiger partial charge in [0, 0.05) is 11.9 Å². The molecular formula is C7H10N2. The molecule has 0 aliphatic carbocycles. The second-order valence-corrected chi connectivity index (χ2v) is 1.68. The largest absolute Gasteiger partial charge is 0.265 e. The van der Waals surface area contributed by atoms with E-state index in [2.05, 4.69) is 4.99 Å². The minimum absolute atomic E-state index is 0.421.